The maximum absolute atomic E-state index is 13.1. The van der Waals surface area contributed by atoms with E-state index in [-0.39, 0.29) is 41.6 Å². The van der Waals surface area contributed by atoms with Gasteiger partial charge >= 0.3 is 0 Å². The molecule has 1 amide bonds. The fourth-order valence-corrected chi connectivity index (χ4v) is 3.63. The lowest BCUT2D eigenvalue weighted by molar-refractivity contribution is -0.126. The van der Waals surface area contributed by atoms with E-state index in [1.807, 2.05) is 37.6 Å². The third-order valence-corrected chi connectivity index (χ3v) is 4.99. The first-order valence-corrected chi connectivity index (χ1v) is 8.91. The third-order valence-electron chi connectivity index (χ3n) is 4.99. The van der Waals surface area contributed by atoms with Gasteiger partial charge in [-0.2, -0.15) is 5.10 Å². The van der Waals surface area contributed by atoms with E-state index in [1.165, 1.54) is 0 Å². The van der Waals surface area contributed by atoms with Gasteiger partial charge in [-0.3, -0.25) is 9.48 Å². The van der Waals surface area contributed by atoms with Crippen molar-refractivity contribution in [1.82, 2.24) is 20.4 Å². The number of carbonyl (C=O) groups is 1. The quantitative estimate of drug-likeness (QED) is 0.862. The third kappa shape index (κ3) is 4.46. The monoisotopic (exact) mass is 376 g/mol. The lowest BCUT2D eigenvalue weighted by Gasteiger charge is -2.33. The fourth-order valence-electron chi connectivity index (χ4n) is 3.63. The van der Waals surface area contributed by atoms with Crippen LogP contribution in [0.4, 0.5) is 0 Å². The lowest BCUT2D eigenvalue weighted by Crippen LogP contribution is -2.41. The van der Waals surface area contributed by atoms with Crippen molar-refractivity contribution in [3.8, 4) is 0 Å². The van der Waals surface area contributed by atoms with Gasteiger partial charge in [-0.15, -0.1) is 12.4 Å². The van der Waals surface area contributed by atoms with Crippen LogP contribution in [0.3, 0.4) is 0 Å². The largest absolute Gasteiger partial charge is 0.348 e. The zero-order valence-corrected chi connectivity index (χ0v) is 16.7. The normalized spacial score (nSPS) is 21.1. The molecule has 1 saturated heterocycles. The van der Waals surface area contributed by atoms with Crippen molar-refractivity contribution in [3.63, 3.8) is 0 Å². The molecular formula is C20H29ClN4O. The molecule has 1 aliphatic heterocycles. The van der Waals surface area contributed by atoms with Crippen molar-refractivity contribution in [1.29, 1.82) is 0 Å². The number of carbonyl (C=O) groups excluding carboxylic acids is 1. The maximum Gasteiger partial charge on any atom is 0.225 e. The van der Waals surface area contributed by atoms with Crippen LogP contribution < -0.4 is 10.6 Å². The first-order chi connectivity index (χ1) is 11.9. The molecular weight excluding hydrogens is 348 g/mol. The van der Waals surface area contributed by atoms with Gasteiger partial charge < -0.3 is 10.6 Å². The molecule has 0 radical (unpaired) electrons. The van der Waals surface area contributed by atoms with Gasteiger partial charge in [-0.25, -0.2) is 0 Å². The Kier molecular flexibility index (Phi) is 6.48. The summed E-state index contributed by atoms with van der Waals surface area (Å²) in [7, 11) is 1.91. The molecule has 6 heteroatoms. The molecule has 142 valence electrons. The fraction of sp³-hybridized carbons (Fsp3) is 0.500. The number of aryl methyl sites for hydroxylation is 1. The second-order valence-corrected chi connectivity index (χ2v) is 8.04. The minimum absolute atomic E-state index is 0. The van der Waals surface area contributed by atoms with Crippen LogP contribution in [0.2, 0.25) is 0 Å². The molecule has 3 rings (SSSR count). The minimum atomic E-state index is -0.0715. The summed E-state index contributed by atoms with van der Waals surface area (Å²) >= 11 is 0. The van der Waals surface area contributed by atoms with Crippen LogP contribution in [0.15, 0.2) is 42.7 Å². The molecule has 1 aromatic carbocycles. The summed E-state index contributed by atoms with van der Waals surface area (Å²) < 4.78 is 1.80. The molecule has 5 nitrogen and oxygen atoms in total. The zero-order valence-electron chi connectivity index (χ0n) is 15.9. The second kappa shape index (κ2) is 8.23. The van der Waals surface area contributed by atoms with Crippen molar-refractivity contribution in [3.05, 3.63) is 53.9 Å². The summed E-state index contributed by atoms with van der Waals surface area (Å²) in [6, 6.07) is 10.2. The number of hydrogen-bond acceptors (Lipinski definition) is 3. The van der Waals surface area contributed by atoms with Crippen LogP contribution >= 0.6 is 12.4 Å². The number of nitrogens with zero attached hydrogens (tertiary/aromatic N) is 2. The number of rotatable bonds is 4. The van der Waals surface area contributed by atoms with Gasteiger partial charge in [-0.05, 0) is 16.5 Å². The van der Waals surface area contributed by atoms with Crippen LogP contribution in [0, 0.1) is 11.3 Å². The van der Waals surface area contributed by atoms with Crippen LogP contribution in [0.5, 0.6) is 0 Å². The standard InChI is InChI=1S/C20H28N4O.ClH/c1-20(2,3)18(14-8-6-5-7-9-14)23-19(25)17-12-21-11-16(17)15-10-22-24(4)13-15;/h5-10,13,16-18,21H,11-12H2,1-4H3,(H,23,25);1H/t16-,17+,18?;/m1./s1. The van der Waals surface area contributed by atoms with E-state index in [0.29, 0.717) is 6.54 Å². The van der Waals surface area contributed by atoms with Gasteiger partial charge in [0.25, 0.3) is 0 Å². The molecule has 2 heterocycles. The van der Waals surface area contributed by atoms with Crippen LogP contribution in [-0.4, -0.2) is 28.8 Å². The molecule has 1 unspecified atom stereocenters. The first-order valence-electron chi connectivity index (χ1n) is 8.91. The molecule has 1 aromatic heterocycles. The van der Waals surface area contributed by atoms with Crippen molar-refractivity contribution in [2.75, 3.05) is 13.1 Å². The summed E-state index contributed by atoms with van der Waals surface area (Å²) in [5.41, 5.74) is 2.21. The second-order valence-electron chi connectivity index (χ2n) is 8.04. The molecule has 0 spiro atoms. The Morgan fingerprint density at radius 1 is 1.27 bits per heavy atom. The number of benzene rings is 1. The molecule has 1 aliphatic rings. The number of amides is 1. The van der Waals surface area contributed by atoms with E-state index in [1.54, 1.807) is 4.68 Å². The molecule has 2 aromatic rings. The number of nitrogens with one attached hydrogen (secondary N) is 2. The molecule has 3 atom stereocenters. The average Bonchev–Trinajstić information content (AvgIpc) is 3.20. The summed E-state index contributed by atoms with van der Waals surface area (Å²) in [6.07, 6.45) is 3.88. The van der Waals surface area contributed by atoms with E-state index in [0.717, 1.165) is 17.7 Å². The van der Waals surface area contributed by atoms with E-state index in [2.05, 4.69) is 48.6 Å². The Morgan fingerprint density at radius 2 is 1.96 bits per heavy atom. The van der Waals surface area contributed by atoms with Gasteiger partial charge in [0.2, 0.25) is 5.91 Å². The Bertz CT molecular complexity index is 723. The Balaban J connectivity index is 0.00000243. The molecule has 2 N–H and O–H groups in total. The maximum atomic E-state index is 13.1. The Hall–Kier alpha value is -1.85. The number of halogens is 1. The minimum Gasteiger partial charge on any atom is -0.348 e. The smallest absolute Gasteiger partial charge is 0.225 e. The highest BCUT2D eigenvalue weighted by atomic mass is 35.5. The van der Waals surface area contributed by atoms with Crippen molar-refractivity contribution >= 4 is 18.3 Å². The van der Waals surface area contributed by atoms with Crippen LogP contribution in [0.1, 0.15) is 43.9 Å². The topological polar surface area (TPSA) is 59.0 Å². The van der Waals surface area contributed by atoms with Gasteiger partial charge in [0.15, 0.2) is 0 Å². The van der Waals surface area contributed by atoms with E-state index >= 15 is 0 Å². The highest BCUT2D eigenvalue weighted by Gasteiger charge is 2.37. The molecule has 0 saturated carbocycles. The molecule has 0 bridgehead atoms. The van der Waals surface area contributed by atoms with Gasteiger partial charge in [-0.1, -0.05) is 51.1 Å². The molecule has 26 heavy (non-hydrogen) atoms. The summed E-state index contributed by atoms with van der Waals surface area (Å²) in [5.74, 6) is 0.213. The van der Waals surface area contributed by atoms with Crippen LogP contribution in [0.25, 0.3) is 0 Å². The molecule has 1 fully saturated rings. The summed E-state index contributed by atoms with van der Waals surface area (Å²) in [5, 5.41) is 10.9. The Labute approximate surface area is 162 Å². The average molecular weight is 377 g/mol. The van der Waals surface area contributed by atoms with Gasteiger partial charge in [0, 0.05) is 32.3 Å². The van der Waals surface area contributed by atoms with Gasteiger partial charge in [0.1, 0.15) is 0 Å². The Morgan fingerprint density at radius 3 is 2.54 bits per heavy atom. The van der Waals surface area contributed by atoms with Crippen molar-refractivity contribution in [2.45, 2.75) is 32.7 Å². The van der Waals surface area contributed by atoms with Crippen LogP contribution in [-0.2, 0) is 11.8 Å². The number of hydrogen-bond donors (Lipinski definition) is 2. The van der Waals surface area contributed by atoms with Gasteiger partial charge in [0.05, 0.1) is 18.2 Å². The van der Waals surface area contributed by atoms with Crippen molar-refractivity contribution in [2.24, 2.45) is 18.4 Å². The number of aromatic nitrogens is 2. The zero-order chi connectivity index (χ0) is 18.0. The van der Waals surface area contributed by atoms with E-state index < -0.39 is 0 Å². The SMILES string of the molecule is Cl.Cn1cc([C@H]2CNC[C@@H]2C(=O)NC(c2ccccc2)C(C)(C)C)cn1. The van der Waals surface area contributed by atoms with E-state index in [4.69, 9.17) is 0 Å². The first kappa shape index (κ1) is 20.5. The van der Waals surface area contributed by atoms with Crippen molar-refractivity contribution < 1.29 is 4.79 Å². The predicted octanol–water partition coefficient (Wildman–Crippen LogP) is 3.05. The highest BCUT2D eigenvalue weighted by Crippen LogP contribution is 2.34. The lowest BCUT2D eigenvalue weighted by atomic mass is 9.81. The summed E-state index contributed by atoms with van der Waals surface area (Å²) in [6.45, 7) is 8.01. The predicted molar refractivity (Wildman–Crippen MR) is 106 cm³/mol. The molecule has 0 aliphatic carbocycles. The van der Waals surface area contributed by atoms with E-state index in [9.17, 15) is 4.79 Å². The highest BCUT2D eigenvalue weighted by molar-refractivity contribution is 5.85. The summed E-state index contributed by atoms with van der Waals surface area (Å²) in [4.78, 5) is 13.1.